The minimum atomic E-state index is -1.23. The van der Waals surface area contributed by atoms with Crippen molar-refractivity contribution in [2.45, 2.75) is 0 Å². The largest absolute Gasteiger partial charge is 0.207 e. The molecular weight excluding hydrogens is 239 g/mol. The highest BCUT2D eigenvalue weighted by Gasteiger charge is 2.15. The van der Waals surface area contributed by atoms with E-state index in [0.717, 1.165) is 0 Å². The van der Waals surface area contributed by atoms with Gasteiger partial charge in [-0.05, 0) is 17.7 Å². The summed E-state index contributed by atoms with van der Waals surface area (Å²) in [7, 11) is 0. The van der Waals surface area contributed by atoms with Gasteiger partial charge in [-0.3, -0.25) is 0 Å². The number of hydrogen-bond acceptors (Lipinski definition) is 0. The van der Waals surface area contributed by atoms with E-state index in [1.807, 2.05) is 0 Å². The van der Waals surface area contributed by atoms with Crippen LogP contribution in [0.4, 0.5) is 22.0 Å². The van der Waals surface area contributed by atoms with Crippen LogP contribution in [0, 0.1) is 35.2 Å². The van der Waals surface area contributed by atoms with Gasteiger partial charge in [-0.25, -0.2) is 22.0 Å². The molecule has 0 N–H and O–H groups in total. The quantitative estimate of drug-likeness (QED) is 0.667. The predicted molar refractivity (Wildman–Crippen MR) is 50.5 cm³/mol. The average Bonchev–Trinajstić information content (AvgIpc) is 2.13. The Kier molecular flexibility index (Phi) is 2.83. The smallest absolute Gasteiger partial charge is 0.136 e. The molecule has 0 amide bonds. The third-order valence-corrected chi connectivity index (χ3v) is 2.10. The summed E-state index contributed by atoms with van der Waals surface area (Å²) in [5.41, 5.74) is -1.04. The predicted octanol–water partition coefficient (Wildman–Crippen LogP) is 3.85. The molecule has 1 radical (unpaired) electrons. The van der Waals surface area contributed by atoms with Gasteiger partial charge in [0.2, 0.25) is 0 Å². The van der Waals surface area contributed by atoms with Crippen molar-refractivity contribution >= 4 is 0 Å². The Morgan fingerprint density at radius 3 is 1.65 bits per heavy atom. The highest BCUT2D eigenvalue weighted by Crippen LogP contribution is 2.27. The Morgan fingerprint density at radius 2 is 1.18 bits per heavy atom. The SMILES string of the molecule is Fc1[c]c(F)cc(-c2c(F)cc(F)cc2F)c1. The summed E-state index contributed by atoms with van der Waals surface area (Å²) in [6.07, 6.45) is 0. The van der Waals surface area contributed by atoms with Gasteiger partial charge in [-0.2, -0.15) is 0 Å². The molecule has 0 aliphatic heterocycles. The molecule has 0 spiro atoms. The number of halogens is 5. The molecule has 2 rings (SSSR count). The second-order valence-electron chi connectivity index (χ2n) is 3.31. The van der Waals surface area contributed by atoms with Crippen LogP contribution in [-0.2, 0) is 0 Å². The van der Waals surface area contributed by atoms with Crippen LogP contribution in [0.25, 0.3) is 11.1 Å². The second kappa shape index (κ2) is 4.16. The van der Waals surface area contributed by atoms with Crippen LogP contribution in [0.2, 0.25) is 0 Å². The number of hydrogen-bond donors (Lipinski definition) is 0. The van der Waals surface area contributed by atoms with Crippen molar-refractivity contribution in [3.8, 4) is 11.1 Å². The Morgan fingerprint density at radius 1 is 0.706 bits per heavy atom. The van der Waals surface area contributed by atoms with Gasteiger partial charge in [0, 0.05) is 12.1 Å². The molecule has 0 unspecified atom stereocenters. The molecule has 5 heteroatoms. The topological polar surface area (TPSA) is 0 Å². The molecule has 87 valence electrons. The first-order valence-corrected chi connectivity index (χ1v) is 4.50. The first-order chi connectivity index (χ1) is 7.97. The monoisotopic (exact) mass is 243 g/mol. The third kappa shape index (κ3) is 2.27. The van der Waals surface area contributed by atoms with Gasteiger partial charge < -0.3 is 0 Å². The maximum absolute atomic E-state index is 13.3. The number of benzene rings is 2. The summed E-state index contributed by atoms with van der Waals surface area (Å²) < 4.78 is 65.0. The summed E-state index contributed by atoms with van der Waals surface area (Å²) in [6.45, 7) is 0. The lowest BCUT2D eigenvalue weighted by atomic mass is 10.0. The van der Waals surface area contributed by atoms with Crippen molar-refractivity contribution in [3.05, 3.63) is 59.4 Å². The van der Waals surface area contributed by atoms with Crippen molar-refractivity contribution in [1.82, 2.24) is 0 Å². The lowest BCUT2D eigenvalue weighted by molar-refractivity contribution is 0.547. The lowest BCUT2D eigenvalue weighted by Gasteiger charge is -2.05. The summed E-state index contributed by atoms with van der Waals surface area (Å²) in [4.78, 5) is 0. The van der Waals surface area contributed by atoms with Gasteiger partial charge in [0.15, 0.2) is 0 Å². The molecule has 0 bridgehead atoms. The molecule has 0 saturated carbocycles. The first kappa shape index (κ1) is 11.6. The molecule has 0 aliphatic rings. The van der Waals surface area contributed by atoms with Gasteiger partial charge in [-0.15, -0.1) is 0 Å². The van der Waals surface area contributed by atoms with E-state index in [4.69, 9.17) is 0 Å². The zero-order valence-corrected chi connectivity index (χ0v) is 8.20. The highest BCUT2D eigenvalue weighted by atomic mass is 19.2. The Labute approximate surface area is 93.3 Å². The van der Waals surface area contributed by atoms with Crippen LogP contribution in [0.15, 0.2) is 24.3 Å². The fourth-order valence-electron chi connectivity index (χ4n) is 1.46. The van der Waals surface area contributed by atoms with Gasteiger partial charge in [0.25, 0.3) is 0 Å². The normalized spacial score (nSPS) is 10.6. The zero-order valence-electron chi connectivity index (χ0n) is 8.20. The van der Waals surface area contributed by atoms with Crippen molar-refractivity contribution in [1.29, 1.82) is 0 Å². The van der Waals surface area contributed by atoms with Crippen LogP contribution in [0.3, 0.4) is 0 Å². The highest BCUT2D eigenvalue weighted by molar-refractivity contribution is 5.64. The molecule has 0 fully saturated rings. The van der Waals surface area contributed by atoms with E-state index >= 15 is 0 Å². The molecule has 17 heavy (non-hydrogen) atoms. The summed E-state index contributed by atoms with van der Waals surface area (Å²) in [5.74, 6) is -5.75. The summed E-state index contributed by atoms with van der Waals surface area (Å²) >= 11 is 0. The molecule has 0 aliphatic carbocycles. The van der Waals surface area contributed by atoms with E-state index in [9.17, 15) is 22.0 Å². The summed E-state index contributed by atoms with van der Waals surface area (Å²) in [5, 5.41) is 0. The van der Waals surface area contributed by atoms with Gasteiger partial charge in [0.1, 0.15) is 29.1 Å². The maximum atomic E-state index is 13.3. The van der Waals surface area contributed by atoms with E-state index in [1.165, 1.54) is 0 Å². The molecule has 0 aromatic heterocycles. The van der Waals surface area contributed by atoms with Crippen LogP contribution < -0.4 is 0 Å². The first-order valence-electron chi connectivity index (χ1n) is 4.50. The molecular formula is C12H4F5. The van der Waals surface area contributed by atoms with E-state index < -0.39 is 34.6 Å². The fraction of sp³-hybridized carbons (Fsp3) is 0. The van der Waals surface area contributed by atoms with Gasteiger partial charge in [0.05, 0.1) is 11.6 Å². The van der Waals surface area contributed by atoms with Crippen molar-refractivity contribution in [2.24, 2.45) is 0 Å². The van der Waals surface area contributed by atoms with Crippen LogP contribution in [-0.4, -0.2) is 0 Å². The number of rotatable bonds is 1. The van der Waals surface area contributed by atoms with E-state index in [0.29, 0.717) is 24.3 Å². The van der Waals surface area contributed by atoms with Crippen LogP contribution in [0.5, 0.6) is 0 Å². The van der Waals surface area contributed by atoms with E-state index in [1.54, 1.807) is 6.07 Å². The Balaban J connectivity index is 2.68. The fourth-order valence-corrected chi connectivity index (χ4v) is 1.46. The van der Waals surface area contributed by atoms with Crippen LogP contribution in [0.1, 0.15) is 0 Å². The van der Waals surface area contributed by atoms with E-state index in [-0.39, 0.29) is 5.56 Å². The van der Waals surface area contributed by atoms with Crippen LogP contribution >= 0.6 is 0 Å². The molecule has 2 aromatic carbocycles. The van der Waals surface area contributed by atoms with Gasteiger partial charge in [-0.1, -0.05) is 0 Å². The molecule has 2 aromatic rings. The zero-order chi connectivity index (χ0) is 12.6. The minimum Gasteiger partial charge on any atom is -0.207 e. The summed E-state index contributed by atoms with van der Waals surface area (Å²) in [6, 6.07) is 3.97. The minimum absolute atomic E-state index is 0.353. The molecule has 0 saturated heterocycles. The Hall–Kier alpha value is -1.91. The molecule has 0 nitrogen and oxygen atoms in total. The Bertz CT molecular complexity index is 534. The third-order valence-electron chi connectivity index (χ3n) is 2.10. The maximum Gasteiger partial charge on any atom is 0.136 e. The van der Waals surface area contributed by atoms with Crippen molar-refractivity contribution in [2.75, 3.05) is 0 Å². The lowest BCUT2D eigenvalue weighted by Crippen LogP contribution is -1.94. The van der Waals surface area contributed by atoms with Crippen molar-refractivity contribution in [3.63, 3.8) is 0 Å². The molecule has 0 atom stereocenters. The van der Waals surface area contributed by atoms with Crippen molar-refractivity contribution < 1.29 is 22.0 Å². The van der Waals surface area contributed by atoms with Gasteiger partial charge >= 0.3 is 0 Å². The standard InChI is InChI=1S/C12H4F5/c13-7-1-6(2-8(14)3-7)12-10(16)4-9(15)5-11(12)17/h1-2,4-5H. The van der Waals surface area contributed by atoms with E-state index in [2.05, 4.69) is 0 Å². The average molecular weight is 243 g/mol. The second-order valence-corrected chi connectivity index (χ2v) is 3.31. The molecule has 0 heterocycles.